The normalized spacial score (nSPS) is 9.88. The zero-order valence-corrected chi connectivity index (χ0v) is 9.10. The molecule has 88 valence electrons. The monoisotopic (exact) mass is 225 g/mol. The number of nitrogens with two attached hydrogens (primary N) is 1. The van der Waals surface area contributed by atoms with E-state index in [0.29, 0.717) is 25.3 Å². The molecule has 0 aliphatic carbocycles. The average molecular weight is 225 g/mol. The standard InChI is InChI=1S/C11H15NO4/c1-15-9-5-2-4-8(11(13)14)10(9)16-7-3-6-12/h2,4-5H,3,6-7,12H2,1H3,(H,13,14). The molecule has 0 atom stereocenters. The molecular formula is C11H15NO4. The summed E-state index contributed by atoms with van der Waals surface area (Å²) in [5.74, 6) is -0.371. The second-order valence-electron chi connectivity index (χ2n) is 3.13. The van der Waals surface area contributed by atoms with Gasteiger partial charge in [-0.3, -0.25) is 0 Å². The number of hydrogen-bond donors (Lipinski definition) is 2. The SMILES string of the molecule is COc1cccc(C(=O)O)c1OCCCN. The third-order valence-corrected chi connectivity index (χ3v) is 2.02. The lowest BCUT2D eigenvalue weighted by Crippen LogP contribution is -2.09. The van der Waals surface area contributed by atoms with Gasteiger partial charge in [0.15, 0.2) is 11.5 Å². The average Bonchev–Trinajstić information content (AvgIpc) is 2.29. The van der Waals surface area contributed by atoms with Gasteiger partial charge in [0.05, 0.1) is 13.7 Å². The molecule has 16 heavy (non-hydrogen) atoms. The predicted molar refractivity (Wildman–Crippen MR) is 59.1 cm³/mol. The largest absolute Gasteiger partial charge is 0.493 e. The first-order chi connectivity index (χ1) is 7.70. The number of hydrogen-bond acceptors (Lipinski definition) is 4. The van der Waals surface area contributed by atoms with E-state index >= 15 is 0 Å². The van der Waals surface area contributed by atoms with Gasteiger partial charge in [-0.25, -0.2) is 4.79 Å². The topological polar surface area (TPSA) is 81.8 Å². The van der Waals surface area contributed by atoms with Crippen LogP contribution >= 0.6 is 0 Å². The van der Waals surface area contributed by atoms with Crippen molar-refractivity contribution in [3.8, 4) is 11.5 Å². The zero-order chi connectivity index (χ0) is 12.0. The van der Waals surface area contributed by atoms with Gasteiger partial charge in [0.25, 0.3) is 0 Å². The Morgan fingerprint density at radius 3 is 2.81 bits per heavy atom. The van der Waals surface area contributed by atoms with Gasteiger partial charge in [-0.15, -0.1) is 0 Å². The first-order valence-electron chi connectivity index (χ1n) is 4.94. The number of carboxylic acid groups (broad SMARTS) is 1. The highest BCUT2D eigenvalue weighted by Crippen LogP contribution is 2.31. The van der Waals surface area contributed by atoms with E-state index in [-0.39, 0.29) is 11.3 Å². The summed E-state index contributed by atoms with van der Waals surface area (Å²) in [7, 11) is 1.47. The Hall–Kier alpha value is -1.75. The number of benzene rings is 1. The summed E-state index contributed by atoms with van der Waals surface area (Å²) < 4.78 is 10.4. The molecule has 0 amide bonds. The summed E-state index contributed by atoms with van der Waals surface area (Å²) in [6.45, 7) is 0.870. The molecule has 0 aliphatic heterocycles. The van der Waals surface area contributed by atoms with Crippen LogP contribution in [0.1, 0.15) is 16.8 Å². The second-order valence-corrected chi connectivity index (χ2v) is 3.13. The molecule has 0 fully saturated rings. The van der Waals surface area contributed by atoms with Crippen molar-refractivity contribution in [2.24, 2.45) is 5.73 Å². The number of carbonyl (C=O) groups is 1. The summed E-state index contributed by atoms with van der Waals surface area (Å²) >= 11 is 0. The zero-order valence-electron chi connectivity index (χ0n) is 9.10. The highest BCUT2D eigenvalue weighted by Gasteiger charge is 2.15. The van der Waals surface area contributed by atoms with Crippen LogP contribution in [0.15, 0.2) is 18.2 Å². The smallest absolute Gasteiger partial charge is 0.339 e. The van der Waals surface area contributed by atoms with E-state index in [9.17, 15) is 4.79 Å². The van der Waals surface area contributed by atoms with Crippen LogP contribution in [0.2, 0.25) is 0 Å². The maximum absolute atomic E-state index is 11.0. The van der Waals surface area contributed by atoms with Crippen LogP contribution in [-0.2, 0) is 0 Å². The number of ether oxygens (including phenoxy) is 2. The maximum Gasteiger partial charge on any atom is 0.339 e. The fourth-order valence-corrected chi connectivity index (χ4v) is 1.25. The molecule has 0 saturated carbocycles. The predicted octanol–water partition coefficient (Wildman–Crippen LogP) is 1.12. The number of aromatic carboxylic acids is 1. The number of para-hydroxylation sites is 1. The van der Waals surface area contributed by atoms with E-state index in [2.05, 4.69) is 0 Å². The van der Waals surface area contributed by atoms with Crippen molar-refractivity contribution in [3.05, 3.63) is 23.8 Å². The molecule has 3 N–H and O–H groups in total. The van der Waals surface area contributed by atoms with Gasteiger partial charge in [0.2, 0.25) is 0 Å². The molecular weight excluding hydrogens is 210 g/mol. The van der Waals surface area contributed by atoms with Gasteiger partial charge >= 0.3 is 5.97 Å². The minimum absolute atomic E-state index is 0.0939. The summed E-state index contributed by atoms with van der Waals surface area (Å²) in [6.07, 6.45) is 0.664. The van der Waals surface area contributed by atoms with Gasteiger partial charge in [-0.2, -0.15) is 0 Å². The molecule has 0 heterocycles. The van der Waals surface area contributed by atoms with Crippen LogP contribution in [0.5, 0.6) is 11.5 Å². The lowest BCUT2D eigenvalue weighted by atomic mass is 10.2. The Balaban J connectivity index is 2.95. The molecule has 5 nitrogen and oxygen atoms in total. The molecule has 0 bridgehead atoms. The minimum atomic E-state index is -1.04. The Bertz CT molecular complexity index is 365. The van der Waals surface area contributed by atoms with Crippen LogP contribution in [0, 0.1) is 0 Å². The highest BCUT2D eigenvalue weighted by molar-refractivity contribution is 5.92. The first kappa shape index (κ1) is 12.3. The lowest BCUT2D eigenvalue weighted by molar-refractivity contribution is 0.0691. The van der Waals surface area contributed by atoms with Crippen LogP contribution < -0.4 is 15.2 Å². The van der Waals surface area contributed by atoms with E-state index in [1.807, 2.05) is 0 Å². The van der Waals surface area contributed by atoms with E-state index in [4.69, 9.17) is 20.3 Å². The Labute approximate surface area is 93.8 Å². The van der Waals surface area contributed by atoms with Crippen molar-refractivity contribution < 1.29 is 19.4 Å². The van der Waals surface area contributed by atoms with Gasteiger partial charge < -0.3 is 20.3 Å². The molecule has 0 spiro atoms. The van der Waals surface area contributed by atoms with Gasteiger partial charge in [0, 0.05) is 0 Å². The van der Waals surface area contributed by atoms with Gasteiger partial charge in [-0.05, 0) is 25.1 Å². The van der Waals surface area contributed by atoms with Crippen molar-refractivity contribution >= 4 is 5.97 Å². The Morgan fingerprint density at radius 2 is 2.25 bits per heavy atom. The van der Waals surface area contributed by atoms with Crippen molar-refractivity contribution in [1.82, 2.24) is 0 Å². The maximum atomic E-state index is 11.0. The molecule has 5 heteroatoms. The van der Waals surface area contributed by atoms with Crippen molar-refractivity contribution in [3.63, 3.8) is 0 Å². The van der Waals surface area contributed by atoms with Crippen molar-refractivity contribution in [2.45, 2.75) is 6.42 Å². The second kappa shape index (κ2) is 5.97. The fourth-order valence-electron chi connectivity index (χ4n) is 1.25. The molecule has 0 unspecified atom stereocenters. The molecule has 1 rings (SSSR count). The highest BCUT2D eigenvalue weighted by atomic mass is 16.5. The number of rotatable bonds is 6. The molecule has 1 aromatic carbocycles. The fraction of sp³-hybridized carbons (Fsp3) is 0.364. The van der Waals surface area contributed by atoms with E-state index < -0.39 is 5.97 Å². The minimum Gasteiger partial charge on any atom is -0.493 e. The van der Waals surface area contributed by atoms with E-state index in [0.717, 1.165) is 0 Å². The summed E-state index contributed by atoms with van der Waals surface area (Å²) in [6, 6.07) is 4.74. The summed E-state index contributed by atoms with van der Waals surface area (Å²) in [5.41, 5.74) is 5.43. The van der Waals surface area contributed by atoms with Crippen LogP contribution in [0.4, 0.5) is 0 Å². The number of methoxy groups -OCH3 is 1. The van der Waals surface area contributed by atoms with Crippen molar-refractivity contribution in [1.29, 1.82) is 0 Å². The van der Waals surface area contributed by atoms with Crippen molar-refractivity contribution in [2.75, 3.05) is 20.3 Å². The van der Waals surface area contributed by atoms with Gasteiger partial charge in [-0.1, -0.05) is 6.07 Å². The Kier molecular flexibility index (Phi) is 4.60. The molecule has 0 aliphatic rings. The van der Waals surface area contributed by atoms with E-state index in [1.165, 1.54) is 13.2 Å². The van der Waals surface area contributed by atoms with Crippen LogP contribution in [-0.4, -0.2) is 31.3 Å². The lowest BCUT2D eigenvalue weighted by Gasteiger charge is -2.12. The molecule has 1 aromatic rings. The molecule has 0 radical (unpaired) electrons. The number of carboxylic acids is 1. The van der Waals surface area contributed by atoms with Crippen LogP contribution in [0.3, 0.4) is 0 Å². The first-order valence-corrected chi connectivity index (χ1v) is 4.94. The third kappa shape index (κ3) is 2.87. The quantitative estimate of drug-likeness (QED) is 0.709. The van der Waals surface area contributed by atoms with E-state index in [1.54, 1.807) is 12.1 Å². The van der Waals surface area contributed by atoms with Crippen LogP contribution in [0.25, 0.3) is 0 Å². The molecule has 0 aromatic heterocycles. The molecule has 0 saturated heterocycles. The Morgan fingerprint density at radius 1 is 1.50 bits per heavy atom. The third-order valence-electron chi connectivity index (χ3n) is 2.02. The van der Waals surface area contributed by atoms with Gasteiger partial charge in [0.1, 0.15) is 5.56 Å². The summed E-state index contributed by atoms with van der Waals surface area (Å²) in [4.78, 5) is 11.0. The summed E-state index contributed by atoms with van der Waals surface area (Å²) in [5, 5.41) is 8.98.